The number of aromatic nitrogens is 1. The maximum absolute atomic E-state index is 12.7. The molecule has 126 valence electrons. The van der Waals surface area contributed by atoms with Crippen molar-refractivity contribution in [2.24, 2.45) is 0 Å². The molecule has 4 nitrogen and oxygen atoms in total. The predicted octanol–water partition coefficient (Wildman–Crippen LogP) is 4.41. The summed E-state index contributed by atoms with van der Waals surface area (Å²) in [4.78, 5) is 15.6. The Kier molecular flexibility index (Phi) is 5.46. The largest absolute Gasteiger partial charge is 0.416 e. The molecule has 1 amide bonds. The van der Waals surface area contributed by atoms with E-state index in [9.17, 15) is 18.0 Å². The van der Waals surface area contributed by atoms with Crippen LogP contribution in [0.3, 0.4) is 0 Å². The van der Waals surface area contributed by atoms with Gasteiger partial charge in [0, 0.05) is 6.54 Å². The van der Waals surface area contributed by atoms with Gasteiger partial charge in [-0.15, -0.1) is 6.58 Å². The summed E-state index contributed by atoms with van der Waals surface area (Å²) in [7, 11) is 0. The number of anilines is 2. The average Bonchev–Trinajstić information content (AvgIpc) is 2.54. The zero-order valence-electron chi connectivity index (χ0n) is 12.3. The van der Waals surface area contributed by atoms with E-state index in [1.807, 2.05) is 0 Å². The number of nitrogens with zero attached hydrogens (tertiary/aromatic N) is 1. The highest BCUT2D eigenvalue weighted by molar-refractivity contribution is 6.33. The van der Waals surface area contributed by atoms with Crippen LogP contribution in [0.4, 0.5) is 24.5 Å². The molecular formula is C16H13ClF3N3O. The monoisotopic (exact) mass is 355 g/mol. The zero-order chi connectivity index (χ0) is 17.7. The molecule has 0 bridgehead atoms. The molecule has 2 aromatic rings. The molecule has 0 radical (unpaired) electrons. The van der Waals surface area contributed by atoms with Gasteiger partial charge in [0.15, 0.2) is 0 Å². The van der Waals surface area contributed by atoms with Crippen LogP contribution in [0.1, 0.15) is 16.1 Å². The molecule has 0 saturated carbocycles. The second kappa shape index (κ2) is 7.35. The van der Waals surface area contributed by atoms with E-state index in [0.29, 0.717) is 12.2 Å². The molecule has 0 aliphatic heterocycles. The summed E-state index contributed by atoms with van der Waals surface area (Å²) >= 11 is 5.91. The summed E-state index contributed by atoms with van der Waals surface area (Å²) < 4.78 is 38.2. The Labute approximate surface area is 141 Å². The summed E-state index contributed by atoms with van der Waals surface area (Å²) in [6, 6.07) is 5.94. The summed E-state index contributed by atoms with van der Waals surface area (Å²) in [5.41, 5.74) is -0.144. The Morgan fingerprint density at radius 2 is 2.04 bits per heavy atom. The number of carbonyl (C=O) groups is 1. The number of rotatable bonds is 5. The van der Waals surface area contributed by atoms with Gasteiger partial charge in [0.05, 0.1) is 28.2 Å². The molecule has 0 fully saturated rings. The summed E-state index contributed by atoms with van der Waals surface area (Å²) in [5.74, 6) is -0.376. The van der Waals surface area contributed by atoms with Crippen molar-refractivity contribution in [3.8, 4) is 0 Å². The van der Waals surface area contributed by atoms with Crippen LogP contribution in [0.5, 0.6) is 0 Å². The van der Waals surface area contributed by atoms with E-state index >= 15 is 0 Å². The van der Waals surface area contributed by atoms with Crippen LogP contribution in [0.2, 0.25) is 5.02 Å². The lowest BCUT2D eigenvalue weighted by Gasteiger charge is -2.12. The molecule has 24 heavy (non-hydrogen) atoms. The number of hydrogen-bond acceptors (Lipinski definition) is 3. The highest BCUT2D eigenvalue weighted by atomic mass is 35.5. The van der Waals surface area contributed by atoms with Crippen molar-refractivity contribution in [1.29, 1.82) is 0 Å². The van der Waals surface area contributed by atoms with Gasteiger partial charge in [-0.25, -0.2) is 4.98 Å². The van der Waals surface area contributed by atoms with Gasteiger partial charge in [-0.05, 0) is 30.3 Å². The van der Waals surface area contributed by atoms with Gasteiger partial charge in [0.1, 0.15) is 5.69 Å². The highest BCUT2D eigenvalue weighted by Gasteiger charge is 2.30. The lowest BCUT2D eigenvalue weighted by atomic mass is 10.2. The van der Waals surface area contributed by atoms with Crippen molar-refractivity contribution in [2.75, 3.05) is 11.9 Å². The number of alkyl halides is 3. The lowest BCUT2D eigenvalue weighted by Crippen LogP contribution is -2.24. The molecule has 0 spiro atoms. The Bertz CT molecular complexity index is 745. The number of amides is 1. The third kappa shape index (κ3) is 4.48. The third-order valence-corrected chi connectivity index (χ3v) is 3.31. The van der Waals surface area contributed by atoms with Crippen molar-refractivity contribution in [2.45, 2.75) is 6.18 Å². The Morgan fingerprint density at radius 1 is 1.29 bits per heavy atom. The Morgan fingerprint density at radius 3 is 2.62 bits per heavy atom. The topological polar surface area (TPSA) is 54.0 Å². The van der Waals surface area contributed by atoms with Crippen molar-refractivity contribution in [3.63, 3.8) is 0 Å². The van der Waals surface area contributed by atoms with Gasteiger partial charge in [-0.2, -0.15) is 13.2 Å². The number of benzene rings is 1. The van der Waals surface area contributed by atoms with Crippen molar-refractivity contribution in [3.05, 3.63) is 65.5 Å². The SMILES string of the molecule is C=CCNC(=O)c1ccc(Nc2cc(C(F)(F)F)ccc2Cl)cn1. The van der Waals surface area contributed by atoms with Gasteiger partial charge in [0.25, 0.3) is 5.91 Å². The van der Waals surface area contributed by atoms with Crippen LogP contribution in [0.25, 0.3) is 0 Å². The molecule has 8 heteroatoms. The van der Waals surface area contributed by atoms with Crippen molar-refractivity contribution in [1.82, 2.24) is 10.3 Å². The van der Waals surface area contributed by atoms with E-state index < -0.39 is 11.7 Å². The summed E-state index contributed by atoms with van der Waals surface area (Å²) in [6.45, 7) is 3.79. The van der Waals surface area contributed by atoms with Gasteiger partial charge >= 0.3 is 6.18 Å². The molecule has 0 unspecified atom stereocenters. The minimum atomic E-state index is -4.47. The number of carbonyl (C=O) groups excluding carboxylic acids is 1. The molecule has 1 heterocycles. The first-order valence-corrected chi connectivity index (χ1v) is 7.18. The molecular weight excluding hydrogens is 343 g/mol. The Hall–Kier alpha value is -2.54. The van der Waals surface area contributed by atoms with Crippen molar-refractivity contribution < 1.29 is 18.0 Å². The fourth-order valence-corrected chi connectivity index (χ4v) is 1.98. The van der Waals surface area contributed by atoms with Gasteiger partial charge in [-0.1, -0.05) is 17.7 Å². The third-order valence-electron chi connectivity index (χ3n) is 2.98. The first kappa shape index (κ1) is 17.8. The molecule has 0 saturated heterocycles. The van der Waals surface area contributed by atoms with Crippen LogP contribution >= 0.6 is 11.6 Å². The summed E-state index contributed by atoms with van der Waals surface area (Å²) in [5, 5.41) is 5.45. The molecule has 2 N–H and O–H groups in total. The molecule has 0 atom stereocenters. The highest BCUT2D eigenvalue weighted by Crippen LogP contribution is 2.34. The van der Waals surface area contributed by atoms with Crippen LogP contribution in [0, 0.1) is 0 Å². The van der Waals surface area contributed by atoms with Crippen LogP contribution in [0.15, 0.2) is 49.2 Å². The number of halogens is 4. The van der Waals surface area contributed by atoms with Gasteiger partial charge in [-0.3, -0.25) is 4.79 Å². The molecule has 0 aliphatic carbocycles. The second-order valence-corrected chi connectivity index (χ2v) is 5.16. The number of pyridine rings is 1. The number of hydrogen-bond donors (Lipinski definition) is 2. The van der Waals surface area contributed by atoms with Gasteiger partial charge in [0.2, 0.25) is 0 Å². The Balaban J connectivity index is 2.17. The van der Waals surface area contributed by atoms with E-state index in [-0.39, 0.29) is 22.3 Å². The maximum atomic E-state index is 12.7. The fourth-order valence-electron chi connectivity index (χ4n) is 1.81. The first-order valence-electron chi connectivity index (χ1n) is 6.80. The van der Waals surface area contributed by atoms with E-state index in [0.717, 1.165) is 18.2 Å². The standard InChI is InChI=1S/C16H13ClF3N3O/c1-2-7-21-15(24)13-6-4-11(9-22-13)23-14-8-10(16(18,19)20)3-5-12(14)17/h2-6,8-9,23H,1,7H2,(H,21,24). The fraction of sp³-hybridized carbons (Fsp3) is 0.125. The van der Waals surface area contributed by atoms with E-state index in [4.69, 9.17) is 11.6 Å². The number of nitrogens with one attached hydrogen (secondary N) is 2. The predicted molar refractivity (Wildman–Crippen MR) is 86.5 cm³/mol. The first-order chi connectivity index (χ1) is 11.3. The zero-order valence-corrected chi connectivity index (χ0v) is 13.1. The molecule has 1 aromatic carbocycles. The maximum Gasteiger partial charge on any atom is 0.416 e. The van der Waals surface area contributed by atoms with Crippen LogP contribution < -0.4 is 10.6 Å². The minimum Gasteiger partial charge on any atom is -0.353 e. The van der Waals surface area contributed by atoms with E-state index in [2.05, 4.69) is 22.2 Å². The quantitative estimate of drug-likeness (QED) is 0.781. The van der Waals surface area contributed by atoms with Crippen LogP contribution in [-0.2, 0) is 6.18 Å². The molecule has 2 rings (SSSR count). The lowest BCUT2D eigenvalue weighted by molar-refractivity contribution is -0.137. The van der Waals surface area contributed by atoms with Crippen molar-refractivity contribution >= 4 is 28.9 Å². The average molecular weight is 356 g/mol. The smallest absolute Gasteiger partial charge is 0.353 e. The molecule has 1 aromatic heterocycles. The van der Waals surface area contributed by atoms with Crippen LogP contribution in [-0.4, -0.2) is 17.4 Å². The van der Waals surface area contributed by atoms with Gasteiger partial charge < -0.3 is 10.6 Å². The van der Waals surface area contributed by atoms with E-state index in [1.54, 1.807) is 0 Å². The van der Waals surface area contributed by atoms with E-state index in [1.165, 1.54) is 24.4 Å². The molecule has 0 aliphatic rings. The summed E-state index contributed by atoms with van der Waals surface area (Å²) in [6.07, 6.45) is -1.60. The second-order valence-electron chi connectivity index (χ2n) is 4.75. The minimum absolute atomic E-state index is 0.0946. The normalized spacial score (nSPS) is 11.0.